The number of rotatable bonds is 6. The number of nitrogens with zero attached hydrogens (tertiary/aromatic N) is 4. The number of aryl methyl sites for hydroxylation is 2. The molecule has 1 aliphatic heterocycles. The van der Waals surface area contributed by atoms with Gasteiger partial charge in [0.1, 0.15) is 34.1 Å². The fourth-order valence-electron chi connectivity index (χ4n) is 4.11. The van der Waals surface area contributed by atoms with Crippen LogP contribution in [0.15, 0.2) is 18.2 Å². The van der Waals surface area contributed by atoms with E-state index in [4.69, 9.17) is 14.2 Å². The minimum absolute atomic E-state index is 0.0156. The standard InChI is InChI=1S/C24H30N4O6/c1-7-34-24(31)19-15(3)25-16(4)26-21(19)23(30)27-11-12-28(14(2)13-27)22(29)20-17(32-5)9-8-10-18(20)33-6/h8-10,14H,7,11-13H2,1-6H3. The van der Waals surface area contributed by atoms with Gasteiger partial charge in [-0.25, -0.2) is 14.8 Å². The zero-order valence-electron chi connectivity index (χ0n) is 20.4. The van der Waals surface area contributed by atoms with Gasteiger partial charge in [0.2, 0.25) is 0 Å². The average Bonchev–Trinajstić information content (AvgIpc) is 2.82. The summed E-state index contributed by atoms with van der Waals surface area (Å²) in [6.07, 6.45) is 0. The highest BCUT2D eigenvalue weighted by Gasteiger charge is 2.35. The van der Waals surface area contributed by atoms with E-state index in [2.05, 4.69) is 9.97 Å². The third-order valence-corrected chi connectivity index (χ3v) is 5.70. The molecule has 2 aromatic rings. The van der Waals surface area contributed by atoms with Crippen molar-refractivity contribution in [2.24, 2.45) is 0 Å². The van der Waals surface area contributed by atoms with Crippen LogP contribution in [0.1, 0.15) is 56.6 Å². The summed E-state index contributed by atoms with van der Waals surface area (Å²) in [6.45, 7) is 7.88. The van der Waals surface area contributed by atoms with Crippen LogP contribution in [-0.2, 0) is 4.74 Å². The second-order valence-corrected chi connectivity index (χ2v) is 7.94. The maximum atomic E-state index is 13.4. The van der Waals surface area contributed by atoms with Crippen LogP contribution >= 0.6 is 0 Å². The molecule has 3 rings (SSSR count). The minimum atomic E-state index is -0.631. The van der Waals surface area contributed by atoms with Crippen molar-refractivity contribution >= 4 is 17.8 Å². The normalized spacial score (nSPS) is 15.6. The van der Waals surface area contributed by atoms with E-state index in [0.29, 0.717) is 35.1 Å². The van der Waals surface area contributed by atoms with Gasteiger partial charge >= 0.3 is 5.97 Å². The van der Waals surface area contributed by atoms with E-state index < -0.39 is 11.9 Å². The largest absolute Gasteiger partial charge is 0.496 e. The Morgan fingerprint density at radius 3 is 2.21 bits per heavy atom. The third kappa shape index (κ3) is 4.80. The second-order valence-electron chi connectivity index (χ2n) is 7.94. The van der Waals surface area contributed by atoms with Crippen molar-refractivity contribution in [1.29, 1.82) is 0 Å². The number of carbonyl (C=O) groups excluding carboxylic acids is 3. The first-order chi connectivity index (χ1) is 16.2. The summed E-state index contributed by atoms with van der Waals surface area (Å²) >= 11 is 0. The molecule has 0 N–H and O–H groups in total. The summed E-state index contributed by atoms with van der Waals surface area (Å²) in [7, 11) is 3.00. The van der Waals surface area contributed by atoms with Crippen molar-refractivity contribution in [3.8, 4) is 11.5 Å². The van der Waals surface area contributed by atoms with Crippen molar-refractivity contribution in [3.63, 3.8) is 0 Å². The van der Waals surface area contributed by atoms with Crippen molar-refractivity contribution in [2.45, 2.75) is 33.7 Å². The van der Waals surface area contributed by atoms with Gasteiger partial charge in [-0.1, -0.05) is 6.07 Å². The van der Waals surface area contributed by atoms with E-state index in [1.807, 2.05) is 6.92 Å². The van der Waals surface area contributed by atoms with Crippen molar-refractivity contribution in [2.75, 3.05) is 40.5 Å². The maximum absolute atomic E-state index is 13.4. The van der Waals surface area contributed by atoms with Crippen LogP contribution < -0.4 is 9.47 Å². The van der Waals surface area contributed by atoms with Gasteiger partial charge in [0.25, 0.3) is 11.8 Å². The molecule has 2 heterocycles. The number of ether oxygens (including phenoxy) is 3. The van der Waals surface area contributed by atoms with E-state index >= 15 is 0 Å². The lowest BCUT2D eigenvalue weighted by molar-refractivity contribution is 0.0402. The quantitative estimate of drug-likeness (QED) is 0.591. The van der Waals surface area contributed by atoms with Gasteiger partial charge in [0, 0.05) is 25.7 Å². The highest BCUT2D eigenvalue weighted by molar-refractivity contribution is 6.05. The molecule has 1 fully saturated rings. The Labute approximate surface area is 198 Å². The summed E-state index contributed by atoms with van der Waals surface area (Å²) in [5.74, 6) is -0.0463. The van der Waals surface area contributed by atoms with Gasteiger partial charge in [-0.2, -0.15) is 0 Å². The number of methoxy groups -OCH3 is 2. The predicted molar refractivity (Wildman–Crippen MR) is 123 cm³/mol. The second kappa shape index (κ2) is 10.5. The molecule has 1 aromatic carbocycles. The number of piperazine rings is 1. The van der Waals surface area contributed by atoms with Crippen LogP contribution in [0.2, 0.25) is 0 Å². The number of hydrogen-bond donors (Lipinski definition) is 0. The van der Waals surface area contributed by atoms with E-state index in [0.717, 1.165) is 0 Å². The molecule has 1 aliphatic rings. The Bertz CT molecular complexity index is 1080. The molecular formula is C24H30N4O6. The molecule has 0 spiro atoms. The molecule has 0 saturated carbocycles. The molecule has 1 aromatic heterocycles. The summed E-state index contributed by atoms with van der Waals surface area (Å²) in [6, 6.07) is 4.87. The molecule has 10 nitrogen and oxygen atoms in total. The van der Waals surface area contributed by atoms with Crippen LogP contribution in [0, 0.1) is 13.8 Å². The van der Waals surface area contributed by atoms with Crippen LogP contribution in [0.5, 0.6) is 11.5 Å². The Kier molecular flexibility index (Phi) is 7.70. The third-order valence-electron chi connectivity index (χ3n) is 5.70. The summed E-state index contributed by atoms with van der Waals surface area (Å²) in [5.41, 5.74) is 0.814. The maximum Gasteiger partial charge on any atom is 0.342 e. The van der Waals surface area contributed by atoms with Gasteiger partial charge in [0.15, 0.2) is 0 Å². The number of hydrogen-bond acceptors (Lipinski definition) is 8. The zero-order valence-corrected chi connectivity index (χ0v) is 20.4. The monoisotopic (exact) mass is 470 g/mol. The van der Waals surface area contributed by atoms with E-state index in [9.17, 15) is 14.4 Å². The number of amides is 2. The number of carbonyl (C=O) groups is 3. The Morgan fingerprint density at radius 1 is 1.00 bits per heavy atom. The molecule has 182 valence electrons. The lowest BCUT2D eigenvalue weighted by atomic mass is 10.1. The average molecular weight is 471 g/mol. The van der Waals surface area contributed by atoms with E-state index in [1.54, 1.807) is 48.8 Å². The van der Waals surface area contributed by atoms with Crippen molar-refractivity contribution in [3.05, 3.63) is 46.5 Å². The fourth-order valence-corrected chi connectivity index (χ4v) is 4.11. The molecular weight excluding hydrogens is 440 g/mol. The number of aromatic nitrogens is 2. The molecule has 0 bridgehead atoms. The molecule has 1 saturated heterocycles. The summed E-state index contributed by atoms with van der Waals surface area (Å²) in [4.78, 5) is 51.1. The first-order valence-corrected chi connectivity index (χ1v) is 11.1. The Hall–Kier alpha value is -3.69. The van der Waals surface area contributed by atoms with Crippen LogP contribution in [0.3, 0.4) is 0 Å². The molecule has 1 atom stereocenters. The summed E-state index contributed by atoms with van der Waals surface area (Å²) < 4.78 is 15.9. The molecule has 34 heavy (non-hydrogen) atoms. The van der Waals surface area contributed by atoms with Crippen LogP contribution in [-0.4, -0.2) is 84.1 Å². The topological polar surface area (TPSA) is 111 Å². The van der Waals surface area contributed by atoms with E-state index in [-0.39, 0.29) is 42.9 Å². The van der Waals surface area contributed by atoms with Gasteiger partial charge in [-0.15, -0.1) is 0 Å². The highest BCUT2D eigenvalue weighted by Crippen LogP contribution is 2.31. The van der Waals surface area contributed by atoms with Crippen molar-refractivity contribution < 1.29 is 28.6 Å². The van der Waals surface area contributed by atoms with E-state index in [1.165, 1.54) is 14.2 Å². The molecule has 1 unspecified atom stereocenters. The summed E-state index contributed by atoms with van der Waals surface area (Å²) in [5, 5.41) is 0. The lowest BCUT2D eigenvalue weighted by Crippen LogP contribution is -2.55. The molecule has 10 heteroatoms. The molecule has 2 amide bonds. The fraction of sp³-hybridized carbons (Fsp3) is 0.458. The van der Waals surface area contributed by atoms with Gasteiger partial charge in [0.05, 0.1) is 26.5 Å². The van der Waals surface area contributed by atoms with Gasteiger partial charge in [-0.05, 0) is 39.8 Å². The predicted octanol–water partition coefficient (Wildman–Crippen LogP) is 2.27. The Morgan fingerprint density at radius 2 is 1.65 bits per heavy atom. The van der Waals surface area contributed by atoms with Crippen LogP contribution in [0.4, 0.5) is 0 Å². The highest BCUT2D eigenvalue weighted by atomic mass is 16.5. The smallest absolute Gasteiger partial charge is 0.342 e. The minimum Gasteiger partial charge on any atom is -0.496 e. The molecule has 0 radical (unpaired) electrons. The first-order valence-electron chi connectivity index (χ1n) is 11.1. The van der Waals surface area contributed by atoms with Gasteiger partial charge in [-0.3, -0.25) is 9.59 Å². The Balaban J connectivity index is 1.85. The first kappa shape index (κ1) is 24.9. The molecule has 0 aliphatic carbocycles. The van der Waals surface area contributed by atoms with Crippen LogP contribution in [0.25, 0.3) is 0 Å². The zero-order chi connectivity index (χ0) is 25.0. The lowest BCUT2D eigenvalue weighted by Gasteiger charge is -2.40. The SMILES string of the molecule is CCOC(=O)c1c(C)nc(C)nc1C(=O)N1CCN(C(=O)c2c(OC)cccc2OC)C(C)C1. The van der Waals surface area contributed by atoms with Crippen molar-refractivity contribution in [1.82, 2.24) is 19.8 Å². The number of benzene rings is 1. The number of esters is 1. The van der Waals surface area contributed by atoms with Gasteiger partial charge < -0.3 is 24.0 Å².